The van der Waals surface area contributed by atoms with Crippen molar-refractivity contribution in [3.05, 3.63) is 144 Å². The third kappa shape index (κ3) is 3.57. The molecule has 0 heterocycles. The molecule has 0 amide bonds. The minimum atomic E-state index is -0.815. The van der Waals surface area contributed by atoms with Crippen LogP contribution in [-0.2, 0) is 8.65 Å². The van der Waals surface area contributed by atoms with Gasteiger partial charge < -0.3 is 5.41 Å². The quantitative estimate of drug-likeness (QED) is 0.200. The van der Waals surface area contributed by atoms with E-state index in [1.807, 2.05) is 72.8 Å². The Kier molecular flexibility index (Phi) is 6.03. The average Bonchev–Trinajstić information content (AvgIpc) is 2.84. The van der Waals surface area contributed by atoms with Gasteiger partial charge in [0, 0.05) is 0 Å². The molecule has 30 heavy (non-hydrogen) atoms. The Balaban J connectivity index is 1.99. The molecule has 4 rings (SSSR count). The average molecular weight is 519 g/mol. The van der Waals surface area contributed by atoms with Crippen molar-refractivity contribution >= 4 is 37.6 Å². The maximum absolute atomic E-state index is 9.65. The first-order chi connectivity index (χ1) is 14.6. The van der Waals surface area contributed by atoms with E-state index in [0.29, 0.717) is 5.71 Å². The Morgan fingerprint density at radius 2 is 0.633 bits per heavy atom. The monoisotopic (exact) mass is 517 g/mol. The molecule has 0 aliphatic rings. The van der Waals surface area contributed by atoms with Crippen LogP contribution in [0.1, 0.15) is 22.3 Å². The van der Waals surface area contributed by atoms with Gasteiger partial charge in [0.25, 0.3) is 0 Å². The Morgan fingerprint density at radius 1 is 0.433 bits per heavy atom. The summed E-state index contributed by atoms with van der Waals surface area (Å²) in [6, 6.07) is 40.7. The van der Waals surface area contributed by atoms with Crippen LogP contribution in [0.4, 0.5) is 0 Å². The fourth-order valence-electron chi connectivity index (χ4n) is 3.82. The normalized spacial score (nSPS) is 11.8. The third-order valence-corrected chi connectivity index (χ3v) is 8.00. The van der Waals surface area contributed by atoms with Crippen molar-refractivity contribution < 1.29 is 0 Å². The van der Waals surface area contributed by atoms with Gasteiger partial charge >= 0.3 is 0 Å². The lowest BCUT2D eigenvalue weighted by molar-refractivity contribution is 0.887. The highest BCUT2D eigenvalue weighted by atomic mass is 79.9. The van der Waals surface area contributed by atoms with Crippen LogP contribution in [0.15, 0.2) is 121 Å². The summed E-state index contributed by atoms with van der Waals surface area (Å²) in [5, 5.41) is 9.65. The molecule has 3 heteroatoms. The summed E-state index contributed by atoms with van der Waals surface area (Å²) in [5.74, 6) is 0. The molecule has 4 aromatic rings. The highest BCUT2D eigenvalue weighted by molar-refractivity contribution is 9.11. The van der Waals surface area contributed by atoms with E-state index in [-0.39, 0.29) is 0 Å². The minimum Gasteiger partial charge on any atom is -0.305 e. The van der Waals surface area contributed by atoms with Crippen molar-refractivity contribution in [3.8, 4) is 0 Å². The minimum absolute atomic E-state index is 0.491. The van der Waals surface area contributed by atoms with Gasteiger partial charge in [-0.05, 0) is 22.3 Å². The van der Waals surface area contributed by atoms with E-state index in [0.717, 1.165) is 22.3 Å². The molecule has 148 valence electrons. The molecule has 1 nitrogen and oxygen atoms in total. The van der Waals surface area contributed by atoms with Gasteiger partial charge in [-0.25, -0.2) is 0 Å². The number of hydrogen-bond donors (Lipinski definition) is 1. The molecule has 0 fully saturated rings. The maximum Gasteiger partial charge on any atom is 0.115 e. The first-order valence-electron chi connectivity index (χ1n) is 9.77. The van der Waals surface area contributed by atoms with Crippen LogP contribution in [0.5, 0.6) is 0 Å². The Labute approximate surface area is 194 Å². The molecular formula is C27H21Br2N. The molecule has 0 radical (unpaired) electrons. The van der Waals surface area contributed by atoms with E-state index in [1.165, 1.54) is 0 Å². The molecule has 0 aliphatic heterocycles. The standard InChI is InChI=1S/C27H21Br2N/c28-26(21-13-5-1-6-14-21,22-15-7-2-8-16-22)25(30)27(29,23-17-9-3-10-18-23)24-19-11-4-12-20-24/h1-20,30H. The number of alkyl halides is 2. The Bertz CT molecular complexity index is 941. The third-order valence-electron chi connectivity index (χ3n) is 5.38. The highest BCUT2D eigenvalue weighted by Crippen LogP contribution is 2.50. The summed E-state index contributed by atoms with van der Waals surface area (Å²) in [7, 11) is 0. The van der Waals surface area contributed by atoms with Crippen LogP contribution in [0.3, 0.4) is 0 Å². The predicted octanol–water partition coefficient (Wildman–Crippen LogP) is 7.68. The maximum atomic E-state index is 9.65. The van der Waals surface area contributed by atoms with Crippen LogP contribution in [-0.4, -0.2) is 5.71 Å². The van der Waals surface area contributed by atoms with E-state index in [4.69, 9.17) is 0 Å². The second kappa shape index (κ2) is 8.71. The zero-order chi connectivity index (χ0) is 21.0. The van der Waals surface area contributed by atoms with Gasteiger partial charge in [0.1, 0.15) is 8.65 Å². The van der Waals surface area contributed by atoms with Gasteiger partial charge in [0.05, 0.1) is 5.71 Å². The predicted molar refractivity (Wildman–Crippen MR) is 133 cm³/mol. The van der Waals surface area contributed by atoms with Crippen LogP contribution >= 0.6 is 31.9 Å². The highest BCUT2D eigenvalue weighted by Gasteiger charge is 2.48. The summed E-state index contributed by atoms with van der Waals surface area (Å²) in [6.07, 6.45) is 0. The Hall–Kier alpha value is -2.49. The van der Waals surface area contributed by atoms with Crippen molar-refractivity contribution in [2.24, 2.45) is 0 Å². The van der Waals surface area contributed by atoms with Crippen molar-refractivity contribution in [3.63, 3.8) is 0 Å². The van der Waals surface area contributed by atoms with Crippen molar-refractivity contribution in [1.82, 2.24) is 0 Å². The lowest BCUT2D eigenvalue weighted by Crippen LogP contribution is -2.43. The second-order valence-electron chi connectivity index (χ2n) is 7.16. The van der Waals surface area contributed by atoms with Crippen LogP contribution in [0.25, 0.3) is 0 Å². The lowest BCUT2D eigenvalue weighted by Gasteiger charge is -2.39. The summed E-state index contributed by atoms with van der Waals surface area (Å²) in [6.45, 7) is 0. The van der Waals surface area contributed by atoms with Gasteiger partial charge in [0.2, 0.25) is 0 Å². The molecule has 0 unspecified atom stereocenters. The summed E-state index contributed by atoms with van der Waals surface area (Å²) < 4.78 is -1.63. The van der Waals surface area contributed by atoms with Crippen molar-refractivity contribution in [1.29, 1.82) is 5.41 Å². The fourth-order valence-corrected chi connectivity index (χ4v) is 5.74. The van der Waals surface area contributed by atoms with E-state index in [2.05, 4.69) is 80.4 Å². The van der Waals surface area contributed by atoms with E-state index in [9.17, 15) is 5.41 Å². The number of rotatable bonds is 6. The van der Waals surface area contributed by atoms with Crippen LogP contribution in [0.2, 0.25) is 0 Å². The van der Waals surface area contributed by atoms with Crippen molar-refractivity contribution in [2.45, 2.75) is 8.65 Å². The van der Waals surface area contributed by atoms with Crippen molar-refractivity contribution in [2.75, 3.05) is 0 Å². The lowest BCUT2D eigenvalue weighted by atomic mass is 9.76. The van der Waals surface area contributed by atoms with Gasteiger partial charge in [-0.3, -0.25) is 0 Å². The smallest absolute Gasteiger partial charge is 0.115 e. The Morgan fingerprint density at radius 3 is 0.833 bits per heavy atom. The van der Waals surface area contributed by atoms with Crippen LogP contribution < -0.4 is 0 Å². The fraction of sp³-hybridized carbons (Fsp3) is 0.0741. The van der Waals surface area contributed by atoms with E-state index in [1.54, 1.807) is 0 Å². The van der Waals surface area contributed by atoms with Gasteiger partial charge in [-0.2, -0.15) is 0 Å². The first-order valence-corrected chi connectivity index (χ1v) is 11.4. The van der Waals surface area contributed by atoms with Gasteiger partial charge in [-0.1, -0.05) is 153 Å². The second-order valence-corrected chi connectivity index (χ2v) is 9.54. The molecule has 0 saturated carbocycles. The molecule has 0 spiro atoms. The number of nitrogens with one attached hydrogen (secondary N) is 1. The molecule has 0 saturated heterocycles. The van der Waals surface area contributed by atoms with E-state index < -0.39 is 8.65 Å². The molecule has 1 N–H and O–H groups in total. The molecule has 4 aromatic carbocycles. The zero-order valence-electron chi connectivity index (χ0n) is 16.3. The summed E-state index contributed by atoms with van der Waals surface area (Å²) in [4.78, 5) is 0. The number of benzene rings is 4. The molecule has 0 atom stereocenters. The zero-order valence-corrected chi connectivity index (χ0v) is 19.5. The van der Waals surface area contributed by atoms with Gasteiger partial charge in [0.15, 0.2) is 0 Å². The molecule has 0 aliphatic carbocycles. The topological polar surface area (TPSA) is 23.9 Å². The molecule has 0 aromatic heterocycles. The first kappa shape index (κ1) is 20.8. The SMILES string of the molecule is N=C(C(Br)(c1ccccc1)c1ccccc1)C(Br)(c1ccccc1)c1ccccc1. The molecular weight excluding hydrogens is 498 g/mol. The van der Waals surface area contributed by atoms with Crippen LogP contribution in [0, 0.1) is 5.41 Å². The number of hydrogen-bond acceptors (Lipinski definition) is 1. The van der Waals surface area contributed by atoms with E-state index >= 15 is 0 Å². The largest absolute Gasteiger partial charge is 0.305 e. The molecule has 0 bridgehead atoms. The van der Waals surface area contributed by atoms with Gasteiger partial charge in [-0.15, -0.1) is 0 Å². The summed E-state index contributed by atoms with van der Waals surface area (Å²) in [5.41, 5.74) is 4.53. The number of halogens is 2. The summed E-state index contributed by atoms with van der Waals surface area (Å²) >= 11 is 8.09.